The van der Waals surface area contributed by atoms with Crippen molar-refractivity contribution in [3.8, 4) is 0 Å². The Hall–Kier alpha value is -1.49. The highest BCUT2D eigenvalue weighted by Crippen LogP contribution is 2.30. The third-order valence-electron chi connectivity index (χ3n) is 2.89. The summed E-state index contributed by atoms with van der Waals surface area (Å²) in [6, 6.07) is 3.13. The molecular weight excluding hydrogens is 216 g/mol. The minimum Gasteiger partial charge on any atom is -0.481 e. The smallest absolute Gasteiger partial charge is 0.308 e. The van der Waals surface area contributed by atoms with Crippen LogP contribution in [0.2, 0.25) is 0 Å². The van der Waals surface area contributed by atoms with E-state index in [1.807, 2.05) is 0 Å². The first-order valence-corrected chi connectivity index (χ1v) is 4.98. The Labute approximate surface area is 91.1 Å². The van der Waals surface area contributed by atoms with E-state index in [1.165, 1.54) is 0 Å². The van der Waals surface area contributed by atoms with Crippen LogP contribution >= 0.6 is 0 Å². The summed E-state index contributed by atoms with van der Waals surface area (Å²) in [5, 5.41) is 11.8. The lowest BCUT2D eigenvalue weighted by molar-refractivity contribution is -0.141. The Bertz CT molecular complexity index is 422. The molecule has 1 aliphatic rings. The van der Waals surface area contributed by atoms with Gasteiger partial charge in [-0.1, -0.05) is 0 Å². The molecule has 1 aliphatic heterocycles. The molecule has 3 nitrogen and oxygen atoms in total. The van der Waals surface area contributed by atoms with Gasteiger partial charge in [0.05, 0.1) is 5.92 Å². The van der Waals surface area contributed by atoms with Crippen LogP contribution in [0.1, 0.15) is 11.5 Å². The molecule has 0 saturated carbocycles. The zero-order chi connectivity index (χ0) is 11.7. The highest BCUT2D eigenvalue weighted by molar-refractivity contribution is 5.72. The predicted molar refractivity (Wildman–Crippen MR) is 53.1 cm³/mol. The molecule has 1 aromatic rings. The van der Waals surface area contributed by atoms with Crippen LogP contribution in [0.3, 0.4) is 0 Å². The Morgan fingerprint density at radius 2 is 2.12 bits per heavy atom. The Morgan fingerprint density at radius 1 is 1.38 bits per heavy atom. The van der Waals surface area contributed by atoms with Crippen molar-refractivity contribution < 1.29 is 18.7 Å². The number of carboxylic acid groups (broad SMARTS) is 1. The molecule has 86 valence electrons. The molecule has 0 unspecified atom stereocenters. The number of benzene rings is 1. The average Bonchev–Trinajstić information content (AvgIpc) is 2.70. The zero-order valence-corrected chi connectivity index (χ0v) is 8.41. The quantitative estimate of drug-likeness (QED) is 0.801. The number of nitrogens with one attached hydrogen (secondary N) is 1. The lowest BCUT2D eigenvalue weighted by Gasteiger charge is -2.15. The first-order chi connectivity index (χ1) is 7.59. The lowest BCUT2D eigenvalue weighted by Crippen LogP contribution is -2.21. The van der Waals surface area contributed by atoms with Gasteiger partial charge in [-0.3, -0.25) is 4.79 Å². The standard InChI is InChI=1S/C11H11F2NO2/c12-6-1-2-10(13)7(3-6)8-4-14-5-9(8)11(15)16/h1-3,8-9,14H,4-5H2,(H,15,16)/t8-,9+/m0/s1. The van der Waals surface area contributed by atoms with Crippen molar-refractivity contribution in [2.45, 2.75) is 5.92 Å². The van der Waals surface area contributed by atoms with E-state index in [2.05, 4.69) is 5.32 Å². The van der Waals surface area contributed by atoms with Gasteiger partial charge < -0.3 is 10.4 Å². The van der Waals surface area contributed by atoms with E-state index < -0.39 is 29.4 Å². The van der Waals surface area contributed by atoms with Crippen LogP contribution in [0.5, 0.6) is 0 Å². The summed E-state index contributed by atoms with van der Waals surface area (Å²) in [6.07, 6.45) is 0. The fourth-order valence-electron chi connectivity index (χ4n) is 2.06. The number of rotatable bonds is 2. The molecule has 16 heavy (non-hydrogen) atoms. The maximum absolute atomic E-state index is 13.5. The topological polar surface area (TPSA) is 49.3 Å². The van der Waals surface area contributed by atoms with Crippen molar-refractivity contribution in [1.29, 1.82) is 0 Å². The SMILES string of the molecule is O=C(O)[C@@H]1CNC[C@H]1c1cc(F)ccc1F. The van der Waals surface area contributed by atoms with Gasteiger partial charge in [-0.15, -0.1) is 0 Å². The van der Waals surface area contributed by atoms with Gasteiger partial charge in [-0.25, -0.2) is 8.78 Å². The predicted octanol–water partition coefficient (Wildman–Crippen LogP) is 1.35. The molecule has 0 spiro atoms. The molecule has 1 saturated heterocycles. The van der Waals surface area contributed by atoms with Gasteiger partial charge in [0.1, 0.15) is 11.6 Å². The van der Waals surface area contributed by atoms with E-state index in [0.717, 1.165) is 18.2 Å². The summed E-state index contributed by atoms with van der Waals surface area (Å²) in [7, 11) is 0. The van der Waals surface area contributed by atoms with Crippen LogP contribution in [-0.4, -0.2) is 24.2 Å². The molecule has 1 aromatic carbocycles. The van der Waals surface area contributed by atoms with Gasteiger partial charge in [0.2, 0.25) is 0 Å². The molecule has 1 fully saturated rings. The number of hydrogen-bond acceptors (Lipinski definition) is 2. The third-order valence-corrected chi connectivity index (χ3v) is 2.89. The fourth-order valence-corrected chi connectivity index (χ4v) is 2.06. The van der Waals surface area contributed by atoms with Crippen LogP contribution in [0.15, 0.2) is 18.2 Å². The van der Waals surface area contributed by atoms with Crippen LogP contribution in [0, 0.1) is 17.6 Å². The van der Waals surface area contributed by atoms with Gasteiger partial charge in [-0.2, -0.15) is 0 Å². The number of halogens is 2. The summed E-state index contributed by atoms with van der Waals surface area (Å²) in [6.45, 7) is 0.646. The number of carbonyl (C=O) groups is 1. The molecule has 1 heterocycles. The van der Waals surface area contributed by atoms with E-state index in [1.54, 1.807) is 0 Å². The van der Waals surface area contributed by atoms with Crippen molar-refractivity contribution in [2.24, 2.45) is 5.92 Å². The second kappa shape index (κ2) is 4.17. The number of carboxylic acids is 1. The lowest BCUT2D eigenvalue weighted by atomic mass is 9.88. The monoisotopic (exact) mass is 227 g/mol. The zero-order valence-electron chi connectivity index (χ0n) is 8.41. The van der Waals surface area contributed by atoms with Crippen LogP contribution in [0.4, 0.5) is 8.78 Å². The number of aliphatic carboxylic acids is 1. The van der Waals surface area contributed by atoms with E-state index in [-0.39, 0.29) is 12.1 Å². The van der Waals surface area contributed by atoms with Gasteiger partial charge in [0.15, 0.2) is 0 Å². The molecule has 0 amide bonds. The molecule has 2 atom stereocenters. The van der Waals surface area contributed by atoms with Crippen molar-refractivity contribution in [1.82, 2.24) is 5.32 Å². The highest BCUT2D eigenvalue weighted by Gasteiger charge is 2.35. The minimum absolute atomic E-state index is 0.136. The Morgan fingerprint density at radius 3 is 2.81 bits per heavy atom. The average molecular weight is 227 g/mol. The molecule has 0 aromatic heterocycles. The summed E-state index contributed by atoms with van der Waals surface area (Å²) >= 11 is 0. The van der Waals surface area contributed by atoms with Crippen molar-refractivity contribution in [2.75, 3.05) is 13.1 Å². The molecule has 5 heteroatoms. The first-order valence-electron chi connectivity index (χ1n) is 4.98. The second-order valence-electron chi connectivity index (χ2n) is 3.88. The Kier molecular flexibility index (Phi) is 2.87. The van der Waals surface area contributed by atoms with Crippen LogP contribution in [0.25, 0.3) is 0 Å². The maximum atomic E-state index is 13.5. The molecule has 2 N–H and O–H groups in total. The minimum atomic E-state index is -0.987. The van der Waals surface area contributed by atoms with Crippen LogP contribution < -0.4 is 5.32 Å². The van der Waals surface area contributed by atoms with Crippen molar-refractivity contribution in [3.63, 3.8) is 0 Å². The van der Waals surface area contributed by atoms with Gasteiger partial charge >= 0.3 is 5.97 Å². The molecule has 0 aliphatic carbocycles. The van der Waals surface area contributed by atoms with E-state index in [0.29, 0.717) is 6.54 Å². The van der Waals surface area contributed by atoms with Crippen molar-refractivity contribution in [3.05, 3.63) is 35.4 Å². The highest BCUT2D eigenvalue weighted by atomic mass is 19.1. The summed E-state index contributed by atoms with van der Waals surface area (Å²) in [5.41, 5.74) is 0.136. The van der Waals surface area contributed by atoms with E-state index in [9.17, 15) is 13.6 Å². The van der Waals surface area contributed by atoms with Gasteiger partial charge in [-0.05, 0) is 23.8 Å². The third kappa shape index (κ3) is 1.90. The van der Waals surface area contributed by atoms with Gasteiger partial charge in [0.25, 0.3) is 0 Å². The molecule has 2 rings (SSSR count). The van der Waals surface area contributed by atoms with E-state index >= 15 is 0 Å². The van der Waals surface area contributed by atoms with E-state index in [4.69, 9.17) is 5.11 Å². The maximum Gasteiger partial charge on any atom is 0.308 e. The first kappa shape index (κ1) is 11.0. The van der Waals surface area contributed by atoms with Gasteiger partial charge in [0, 0.05) is 19.0 Å². The molecule has 0 radical (unpaired) electrons. The largest absolute Gasteiger partial charge is 0.481 e. The Balaban J connectivity index is 2.35. The van der Waals surface area contributed by atoms with Crippen LogP contribution in [-0.2, 0) is 4.79 Å². The summed E-state index contributed by atoms with van der Waals surface area (Å²) < 4.78 is 26.5. The fraction of sp³-hybridized carbons (Fsp3) is 0.364. The second-order valence-corrected chi connectivity index (χ2v) is 3.88. The summed E-state index contributed by atoms with van der Waals surface area (Å²) in [4.78, 5) is 10.9. The summed E-state index contributed by atoms with van der Waals surface area (Å²) in [5.74, 6) is -3.29. The van der Waals surface area contributed by atoms with Crippen molar-refractivity contribution >= 4 is 5.97 Å². The number of hydrogen-bond donors (Lipinski definition) is 2. The molecule has 0 bridgehead atoms. The normalized spacial score (nSPS) is 24.6. The molecular formula is C11H11F2NO2.